The third kappa shape index (κ3) is 2.60. The number of fused-ring (bicyclic) bond motifs is 1. The van der Waals surface area contributed by atoms with Gasteiger partial charge in [-0.05, 0) is 46.1 Å². The summed E-state index contributed by atoms with van der Waals surface area (Å²) in [6.45, 7) is 2.02. The molecule has 3 nitrogen and oxygen atoms in total. The molecule has 0 saturated carbocycles. The molecule has 0 spiro atoms. The maximum absolute atomic E-state index is 6.36. The molecular weight excluding hydrogens is 352 g/mol. The highest BCUT2D eigenvalue weighted by atomic mass is 79.9. The Kier molecular flexibility index (Phi) is 4.04. The molecular formula is C16H14BrClN2O. The zero-order valence-electron chi connectivity index (χ0n) is 11.4. The van der Waals surface area contributed by atoms with Crippen LogP contribution in [0.5, 0.6) is 0 Å². The molecule has 3 N–H and O–H groups in total. The standard InChI is InChI=1S/C16H14BrClN2O/c1-9-4-2-5-10-8-13(21-16(9)10)15(20-19)11-6-3-7-12(17)14(11)18/h2-8,15,20H,19H2,1H3. The second kappa shape index (κ2) is 5.81. The van der Waals surface area contributed by atoms with E-state index in [1.807, 2.05) is 49.4 Å². The molecule has 3 rings (SSSR count). The summed E-state index contributed by atoms with van der Waals surface area (Å²) in [4.78, 5) is 0. The summed E-state index contributed by atoms with van der Waals surface area (Å²) in [5, 5.41) is 1.67. The largest absolute Gasteiger partial charge is 0.459 e. The summed E-state index contributed by atoms with van der Waals surface area (Å²) in [5.74, 6) is 6.47. The van der Waals surface area contributed by atoms with Crippen molar-refractivity contribution < 1.29 is 4.42 Å². The fourth-order valence-corrected chi connectivity index (χ4v) is 3.06. The van der Waals surface area contributed by atoms with Gasteiger partial charge in [-0.25, -0.2) is 5.43 Å². The lowest BCUT2D eigenvalue weighted by Crippen LogP contribution is -2.28. The number of furan rings is 1. The number of nitrogens with two attached hydrogens (primary N) is 1. The smallest absolute Gasteiger partial charge is 0.137 e. The summed E-state index contributed by atoms with van der Waals surface area (Å²) in [6, 6.07) is 13.5. The van der Waals surface area contributed by atoms with Crippen LogP contribution in [0, 0.1) is 6.92 Å². The third-order valence-electron chi connectivity index (χ3n) is 3.50. The van der Waals surface area contributed by atoms with Crippen molar-refractivity contribution in [2.24, 2.45) is 5.84 Å². The lowest BCUT2D eigenvalue weighted by Gasteiger charge is -2.16. The van der Waals surface area contributed by atoms with Gasteiger partial charge in [0.1, 0.15) is 17.4 Å². The van der Waals surface area contributed by atoms with E-state index >= 15 is 0 Å². The van der Waals surface area contributed by atoms with Crippen LogP contribution in [0.1, 0.15) is 22.9 Å². The number of aryl methyl sites for hydroxylation is 1. The van der Waals surface area contributed by atoms with Crippen molar-refractivity contribution in [1.29, 1.82) is 0 Å². The number of rotatable bonds is 3. The van der Waals surface area contributed by atoms with Crippen molar-refractivity contribution in [3.8, 4) is 0 Å². The molecule has 21 heavy (non-hydrogen) atoms. The van der Waals surface area contributed by atoms with Gasteiger partial charge in [0.05, 0.1) is 5.02 Å². The van der Waals surface area contributed by atoms with E-state index < -0.39 is 0 Å². The summed E-state index contributed by atoms with van der Waals surface area (Å²) in [5.41, 5.74) is 5.62. The predicted molar refractivity (Wildman–Crippen MR) is 89.3 cm³/mol. The summed E-state index contributed by atoms with van der Waals surface area (Å²) in [7, 11) is 0. The van der Waals surface area contributed by atoms with Crippen LogP contribution in [-0.2, 0) is 0 Å². The van der Waals surface area contributed by atoms with Gasteiger partial charge in [0.2, 0.25) is 0 Å². The quantitative estimate of drug-likeness (QED) is 0.522. The molecule has 1 aromatic heterocycles. The van der Waals surface area contributed by atoms with Crippen molar-refractivity contribution in [2.45, 2.75) is 13.0 Å². The monoisotopic (exact) mass is 364 g/mol. The second-order valence-corrected chi connectivity index (χ2v) is 6.12. The maximum atomic E-state index is 6.36. The van der Waals surface area contributed by atoms with Crippen molar-refractivity contribution in [3.63, 3.8) is 0 Å². The van der Waals surface area contributed by atoms with Gasteiger partial charge < -0.3 is 4.42 Å². The number of halogens is 2. The van der Waals surface area contributed by atoms with Gasteiger partial charge >= 0.3 is 0 Å². The number of hydrogen-bond acceptors (Lipinski definition) is 3. The lowest BCUT2D eigenvalue weighted by molar-refractivity contribution is 0.476. The Balaban J connectivity index is 2.14. The Bertz CT molecular complexity index is 800. The Morgan fingerprint density at radius 2 is 2.00 bits per heavy atom. The van der Waals surface area contributed by atoms with Crippen LogP contribution in [0.25, 0.3) is 11.0 Å². The summed E-state index contributed by atoms with van der Waals surface area (Å²) < 4.78 is 6.81. The SMILES string of the molecule is Cc1cccc2cc(C(NN)c3cccc(Br)c3Cl)oc12. The number of nitrogens with one attached hydrogen (secondary N) is 1. The number of hydrogen-bond donors (Lipinski definition) is 2. The fraction of sp³-hybridized carbons (Fsp3) is 0.125. The average Bonchev–Trinajstić information content (AvgIpc) is 2.89. The highest BCUT2D eigenvalue weighted by molar-refractivity contribution is 9.10. The van der Waals surface area contributed by atoms with E-state index in [1.54, 1.807) is 0 Å². The van der Waals surface area contributed by atoms with Crippen molar-refractivity contribution >= 4 is 38.5 Å². The number of benzene rings is 2. The first-order chi connectivity index (χ1) is 10.1. The zero-order chi connectivity index (χ0) is 15.0. The molecule has 0 bridgehead atoms. The minimum atomic E-state index is -0.304. The van der Waals surface area contributed by atoms with Gasteiger partial charge in [-0.2, -0.15) is 0 Å². The van der Waals surface area contributed by atoms with Gasteiger partial charge in [0, 0.05) is 9.86 Å². The number of para-hydroxylation sites is 1. The molecule has 1 unspecified atom stereocenters. The summed E-state index contributed by atoms with van der Waals surface area (Å²) in [6.07, 6.45) is 0. The van der Waals surface area contributed by atoms with E-state index in [-0.39, 0.29) is 6.04 Å². The summed E-state index contributed by atoms with van der Waals surface area (Å²) >= 11 is 9.79. The Hall–Kier alpha value is -1.33. The fourth-order valence-electron chi connectivity index (χ4n) is 2.44. The lowest BCUT2D eigenvalue weighted by atomic mass is 10.0. The molecule has 0 aliphatic heterocycles. The molecule has 5 heteroatoms. The molecule has 1 atom stereocenters. The van der Waals surface area contributed by atoms with E-state index in [9.17, 15) is 0 Å². The Labute approximate surface area is 136 Å². The van der Waals surface area contributed by atoms with Crippen molar-refractivity contribution in [2.75, 3.05) is 0 Å². The van der Waals surface area contributed by atoms with Crippen LogP contribution in [-0.4, -0.2) is 0 Å². The molecule has 0 saturated heterocycles. The van der Waals surface area contributed by atoms with Crippen LogP contribution < -0.4 is 11.3 Å². The van der Waals surface area contributed by atoms with Gasteiger partial charge in [0.15, 0.2) is 0 Å². The first-order valence-corrected chi connectivity index (χ1v) is 7.68. The van der Waals surface area contributed by atoms with E-state index in [4.69, 9.17) is 21.9 Å². The first kappa shape index (κ1) is 14.6. The second-order valence-electron chi connectivity index (χ2n) is 4.88. The van der Waals surface area contributed by atoms with Crippen molar-refractivity contribution in [1.82, 2.24) is 5.43 Å². The van der Waals surface area contributed by atoms with Crippen LogP contribution in [0.15, 0.2) is 51.4 Å². The third-order valence-corrected chi connectivity index (χ3v) is 4.81. The minimum absolute atomic E-state index is 0.304. The molecule has 0 fully saturated rings. The van der Waals surface area contributed by atoms with Gasteiger partial charge in [-0.3, -0.25) is 5.84 Å². The average molecular weight is 366 g/mol. The van der Waals surface area contributed by atoms with Crippen LogP contribution in [0.2, 0.25) is 5.02 Å². The molecule has 1 heterocycles. The Morgan fingerprint density at radius 1 is 1.24 bits per heavy atom. The van der Waals surface area contributed by atoms with E-state index in [0.717, 1.165) is 32.3 Å². The molecule has 0 aliphatic carbocycles. The predicted octanol–water partition coefficient (Wildman–Crippen LogP) is 4.71. The maximum Gasteiger partial charge on any atom is 0.137 e. The van der Waals surface area contributed by atoms with E-state index in [2.05, 4.69) is 21.4 Å². The van der Waals surface area contributed by atoms with Crippen LogP contribution in [0.4, 0.5) is 0 Å². The van der Waals surface area contributed by atoms with Gasteiger partial charge in [-0.1, -0.05) is 41.9 Å². The van der Waals surface area contributed by atoms with E-state index in [0.29, 0.717) is 5.02 Å². The highest BCUT2D eigenvalue weighted by Gasteiger charge is 2.21. The molecule has 0 amide bonds. The normalized spacial score (nSPS) is 12.8. The molecule has 2 aromatic carbocycles. The topological polar surface area (TPSA) is 51.2 Å². The highest BCUT2D eigenvalue weighted by Crippen LogP contribution is 2.35. The van der Waals surface area contributed by atoms with Gasteiger partial charge in [0.25, 0.3) is 0 Å². The molecule has 3 aromatic rings. The molecule has 108 valence electrons. The minimum Gasteiger partial charge on any atom is -0.459 e. The molecule has 0 aliphatic rings. The van der Waals surface area contributed by atoms with E-state index in [1.165, 1.54) is 0 Å². The van der Waals surface area contributed by atoms with Crippen LogP contribution >= 0.6 is 27.5 Å². The Morgan fingerprint density at radius 3 is 2.71 bits per heavy atom. The first-order valence-electron chi connectivity index (χ1n) is 6.51. The molecule has 0 radical (unpaired) electrons. The van der Waals surface area contributed by atoms with Crippen molar-refractivity contribution in [3.05, 3.63) is 68.8 Å². The zero-order valence-corrected chi connectivity index (χ0v) is 13.7. The van der Waals surface area contributed by atoms with Gasteiger partial charge in [-0.15, -0.1) is 0 Å². The van der Waals surface area contributed by atoms with Crippen LogP contribution in [0.3, 0.4) is 0 Å². The number of hydrazine groups is 1.